The number of aromatic hydroxyl groups is 1. The highest BCUT2D eigenvalue weighted by Gasteiger charge is 2.39. The summed E-state index contributed by atoms with van der Waals surface area (Å²) in [6, 6.07) is 20.0. The van der Waals surface area contributed by atoms with Crippen molar-refractivity contribution in [3.05, 3.63) is 90.0 Å². The van der Waals surface area contributed by atoms with Gasteiger partial charge in [0, 0.05) is 18.2 Å². The molecular formula is C27H28N2O4S. The molecule has 0 amide bonds. The zero-order valence-corrected chi connectivity index (χ0v) is 20.0. The lowest BCUT2D eigenvalue weighted by atomic mass is 9.77. The first-order chi connectivity index (χ1) is 16.4. The molecule has 0 saturated heterocycles. The van der Waals surface area contributed by atoms with Crippen molar-refractivity contribution in [1.29, 1.82) is 0 Å². The smallest absolute Gasteiger partial charge is 0.264 e. The number of hydrogen-bond acceptors (Lipinski definition) is 5. The van der Waals surface area contributed by atoms with Gasteiger partial charge in [-0.15, -0.1) is 0 Å². The molecule has 6 nitrogen and oxygen atoms in total. The van der Waals surface area contributed by atoms with Crippen molar-refractivity contribution in [2.75, 3.05) is 23.3 Å². The van der Waals surface area contributed by atoms with Gasteiger partial charge in [-0.2, -0.15) is 0 Å². The van der Waals surface area contributed by atoms with Crippen LogP contribution in [0.15, 0.2) is 83.8 Å². The van der Waals surface area contributed by atoms with Gasteiger partial charge in [0.05, 0.1) is 23.7 Å². The zero-order valence-electron chi connectivity index (χ0n) is 19.2. The molecule has 3 unspecified atom stereocenters. The highest BCUT2D eigenvalue weighted by molar-refractivity contribution is 7.92. The van der Waals surface area contributed by atoms with Crippen molar-refractivity contribution >= 4 is 21.4 Å². The molecule has 3 aromatic rings. The number of para-hydroxylation sites is 1. The van der Waals surface area contributed by atoms with Gasteiger partial charge in [0.15, 0.2) is 11.5 Å². The van der Waals surface area contributed by atoms with E-state index in [2.05, 4.69) is 17.5 Å². The molecule has 34 heavy (non-hydrogen) atoms. The molecule has 5 rings (SSSR count). The molecular weight excluding hydrogens is 448 g/mol. The van der Waals surface area contributed by atoms with Crippen molar-refractivity contribution in [1.82, 2.24) is 0 Å². The van der Waals surface area contributed by atoms with E-state index in [1.165, 1.54) is 4.31 Å². The van der Waals surface area contributed by atoms with Gasteiger partial charge in [-0.3, -0.25) is 4.31 Å². The lowest BCUT2D eigenvalue weighted by molar-refractivity contribution is 0.370. The van der Waals surface area contributed by atoms with E-state index in [1.54, 1.807) is 19.2 Å². The van der Waals surface area contributed by atoms with Crippen molar-refractivity contribution in [2.24, 2.45) is 5.92 Å². The van der Waals surface area contributed by atoms with Crippen LogP contribution in [0.3, 0.4) is 0 Å². The molecule has 1 aliphatic heterocycles. The van der Waals surface area contributed by atoms with E-state index in [0.29, 0.717) is 22.9 Å². The highest BCUT2D eigenvalue weighted by Crippen LogP contribution is 2.51. The number of phenols is 1. The average molecular weight is 477 g/mol. The average Bonchev–Trinajstić information content (AvgIpc) is 3.35. The van der Waals surface area contributed by atoms with E-state index >= 15 is 0 Å². The lowest BCUT2D eigenvalue weighted by Gasteiger charge is -2.38. The van der Waals surface area contributed by atoms with Gasteiger partial charge >= 0.3 is 0 Å². The first-order valence-corrected chi connectivity index (χ1v) is 12.9. The first kappa shape index (κ1) is 22.3. The third kappa shape index (κ3) is 3.70. The summed E-state index contributed by atoms with van der Waals surface area (Å²) in [5.74, 6) is 0.881. The maximum Gasteiger partial charge on any atom is 0.264 e. The predicted molar refractivity (Wildman–Crippen MR) is 134 cm³/mol. The number of methoxy groups -OCH3 is 1. The van der Waals surface area contributed by atoms with Gasteiger partial charge in [-0.05, 0) is 72.9 Å². The Morgan fingerprint density at radius 1 is 1.09 bits per heavy atom. The first-order valence-electron chi connectivity index (χ1n) is 11.5. The number of nitrogens with one attached hydrogen (secondary N) is 1. The van der Waals surface area contributed by atoms with Crippen molar-refractivity contribution < 1.29 is 18.3 Å². The SMILES string of the molecule is CCN(c1ccccc1)S(=O)(=O)c1ccc2c(c1)C1C=CCC1C(c1ccc(O)c(OC)c1)N2. The third-order valence-corrected chi connectivity index (χ3v) is 8.72. The number of allylic oxidation sites excluding steroid dienone is 2. The second-order valence-electron chi connectivity index (χ2n) is 8.66. The van der Waals surface area contributed by atoms with Crippen LogP contribution in [-0.4, -0.2) is 27.2 Å². The van der Waals surface area contributed by atoms with Crippen molar-refractivity contribution in [3.8, 4) is 11.5 Å². The number of fused-ring (bicyclic) bond motifs is 3. The monoisotopic (exact) mass is 476 g/mol. The van der Waals surface area contributed by atoms with Crippen LogP contribution < -0.4 is 14.4 Å². The number of phenolic OH excluding ortho intramolecular Hbond substituents is 1. The number of rotatable bonds is 6. The van der Waals surface area contributed by atoms with Crippen LogP contribution in [0.5, 0.6) is 11.5 Å². The highest BCUT2D eigenvalue weighted by atomic mass is 32.2. The fourth-order valence-electron chi connectivity index (χ4n) is 5.16. The Balaban J connectivity index is 1.53. The molecule has 0 radical (unpaired) electrons. The van der Waals surface area contributed by atoms with Crippen LogP contribution in [-0.2, 0) is 10.0 Å². The number of sulfonamides is 1. The molecule has 0 aromatic heterocycles. The Hall–Kier alpha value is -3.45. The van der Waals surface area contributed by atoms with Gasteiger partial charge in [-0.1, -0.05) is 36.4 Å². The Kier molecular flexibility index (Phi) is 5.73. The summed E-state index contributed by atoms with van der Waals surface area (Å²) >= 11 is 0. The van der Waals surface area contributed by atoms with Crippen LogP contribution in [0.25, 0.3) is 0 Å². The summed E-state index contributed by atoms with van der Waals surface area (Å²) in [5.41, 5.74) is 3.59. The van der Waals surface area contributed by atoms with Gasteiger partial charge in [0.25, 0.3) is 10.0 Å². The van der Waals surface area contributed by atoms with E-state index < -0.39 is 10.0 Å². The predicted octanol–water partition coefficient (Wildman–Crippen LogP) is 5.44. The summed E-state index contributed by atoms with van der Waals surface area (Å²) < 4.78 is 33.9. The Labute approximate surface area is 200 Å². The number of hydrogen-bond donors (Lipinski definition) is 2. The molecule has 1 aliphatic carbocycles. The Morgan fingerprint density at radius 3 is 2.62 bits per heavy atom. The van der Waals surface area contributed by atoms with Crippen LogP contribution >= 0.6 is 0 Å². The molecule has 0 spiro atoms. The van der Waals surface area contributed by atoms with E-state index in [0.717, 1.165) is 23.2 Å². The number of nitrogens with zero attached hydrogens (tertiary/aromatic N) is 1. The maximum absolute atomic E-state index is 13.6. The minimum atomic E-state index is -3.71. The zero-order chi connectivity index (χ0) is 23.9. The number of ether oxygens (including phenoxy) is 1. The fourth-order valence-corrected chi connectivity index (χ4v) is 6.67. The summed E-state index contributed by atoms with van der Waals surface area (Å²) in [5, 5.41) is 13.6. The topological polar surface area (TPSA) is 78.9 Å². The van der Waals surface area contributed by atoms with E-state index in [4.69, 9.17) is 4.74 Å². The molecule has 1 heterocycles. The lowest BCUT2D eigenvalue weighted by Crippen LogP contribution is -2.32. The Morgan fingerprint density at radius 2 is 1.88 bits per heavy atom. The molecule has 2 aliphatic rings. The van der Waals surface area contributed by atoms with Crippen LogP contribution in [0.2, 0.25) is 0 Å². The van der Waals surface area contributed by atoms with E-state index in [-0.39, 0.29) is 23.6 Å². The fraction of sp³-hybridized carbons (Fsp3) is 0.259. The molecule has 7 heteroatoms. The molecule has 0 fully saturated rings. The third-order valence-electron chi connectivity index (χ3n) is 6.82. The summed E-state index contributed by atoms with van der Waals surface area (Å²) in [6.45, 7) is 2.19. The number of benzene rings is 3. The molecule has 176 valence electrons. The minimum absolute atomic E-state index is 0.0147. The van der Waals surface area contributed by atoms with E-state index in [1.807, 2.05) is 61.5 Å². The standard InChI is InChI=1S/C27H28N2O4S/c1-3-29(19-8-5-4-6-9-19)34(31,32)20-13-14-24-23(17-20)21-10-7-11-22(21)27(28-24)18-12-15-25(30)26(16-18)33-2/h4-10,12-17,21-22,27-28,30H,3,11H2,1-2H3. The van der Waals surface area contributed by atoms with Crippen LogP contribution in [0.1, 0.15) is 36.4 Å². The van der Waals surface area contributed by atoms with Crippen molar-refractivity contribution in [3.63, 3.8) is 0 Å². The second-order valence-corrected chi connectivity index (χ2v) is 10.5. The van der Waals surface area contributed by atoms with Crippen LogP contribution in [0.4, 0.5) is 11.4 Å². The van der Waals surface area contributed by atoms with E-state index in [9.17, 15) is 13.5 Å². The van der Waals surface area contributed by atoms with Gasteiger partial charge in [0.1, 0.15) is 0 Å². The summed E-state index contributed by atoms with van der Waals surface area (Å²) in [4.78, 5) is 0.294. The molecule has 0 bridgehead atoms. The molecule has 0 saturated carbocycles. The van der Waals surface area contributed by atoms with Crippen molar-refractivity contribution in [2.45, 2.75) is 30.2 Å². The number of anilines is 2. The van der Waals surface area contributed by atoms with Gasteiger partial charge in [-0.25, -0.2) is 8.42 Å². The molecule has 3 atom stereocenters. The quantitative estimate of drug-likeness (QED) is 0.463. The minimum Gasteiger partial charge on any atom is -0.504 e. The molecule has 2 N–H and O–H groups in total. The second kappa shape index (κ2) is 8.72. The van der Waals surface area contributed by atoms with Crippen LogP contribution in [0, 0.1) is 5.92 Å². The largest absolute Gasteiger partial charge is 0.504 e. The maximum atomic E-state index is 13.6. The normalized spacial score (nSPS) is 20.8. The molecule has 3 aromatic carbocycles. The van der Waals surface area contributed by atoms with Gasteiger partial charge < -0.3 is 15.2 Å². The summed E-state index contributed by atoms with van der Waals surface area (Å²) in [6.07, 6.45) is 5.23. The Bertz CT molecular complexity index is 1340. The summed E-state index contributed by atoms with van der Waals surface area (Å²) in [7, 11) is -2.17. The van der Waals surface area contributed by atoms with Gasteiger partial charge in [0.2, 0.25) is 0 Å².